The molecule has 84 valence electrons. The smallest absolute Gasteiger partial charge is 0.100 e. The van der Waals surface area contributed by atoms with Gasteiger partial charge in [0.25, 0.3) is 0 Å². The summed E-state index contributed by atoms with van der Waals surface area (Å²) in [5.74, 6) is 0.481. The predicted octanol–water partition coefficient (Wildman–Crippen LogP) is 2.50. The molecule has 0 radical (unpaired) electrons. The van der Waals surface area contributed by atoms with E-state index >= 15 is 0 Å². The fourth-order valence-electron chi connectivity index (χ4n) is 1.59. The van der Waals surface area contributed by atoms with Gasteiger partial charge in [0, 0.05) is 16.7 Å². The van der Waals surface area contributed by atoms with E-state index in [4.69, 9.17) is 5.26 Å². The third kappa shape index (κ3) is 2.75. The van der Waals surface area contributed by atoms with Gasteiger partial charge in [-0.15, -0.1) is 0 Å². The Morgan fingerprint density at radius 2 is 2.31 bits per heavy atom. The molecule has 3 nitrogen and oxygen atoms in total. The summed E-state index contributed by atoms with van der Waals surface area (Å²) in [5, 5.41) is 21.6. The molecule has 1 aromatic rings. The molecule has 1 aliphatic rings. The van der Waals surface area contributed by atoms with E-state index in [-0.39, 0.29) is 6.10 Å². The summed E-state index contributed by atoms with van der Waals surface area (Å²) in [6.07, 6.45) is 2.02. The second-order valence-electron chi connectivity index (χ2n) is 4.09. The molecule has 4 heteroatoms. The third-order valence-electron chi connectivity index (χ3n) is 2.77. The van der Waals surface area contributed by atoms with E-state index < -0.39 is 0 Å². The first-order chi connectivity index (χ1) is 7.70. The molecule has 2 N–H and O–H groups in total. The van der Waals surface area contributed by atoms with Crippen LogP contribution in [0.4, 0.5) is 5.69 Å². The minimum absolute atomic E-state index is 0.255. The Kier molecular flexibility index (Phi) is 3.47. The molecule has 2 rings (SSSR count). The Balaban J connectivity index is 1.94. The Morgan fingerprint density at radius 1 is 1.56 bits per heavy atom. The van der Waals surface area contributed by atoms with Gasteiger partial charge in [-0.1, -0.05) is 0 Å². The van der Waals surface area contributed by atoms with Crippen LogP contribution in [0.5, 0.6) is 0 Å². The third-order valence-corrected chi connectivity index (χ3v) is 3.43. The highest BCUT2D eigenvalue weighted by Crippen LogP contribution is 2.32. The van der Waals surface area contributed by atoms with Gasteiger partial charge in [0.15, 0.2) is 0 Å². The second-order valence-corrected chi connectivity index (χ2v) is 4.95. The van der Waals surface area contributed by atoms with Gasteiger partial charge < -0.3 is 10.4 Å². The van der Waals surface area contributed by atoms with Gasteiger partial charge in [-0.3, -0.25) is 0 Å². The van der Waals surface area contributed by atoms with E-state index in [1.807, 2.05) is 12.1 Å². The number of aliphatic hydroxyl groups excluding tert-OH is 1. The van der Waals surface area contributed by atoms with Crippen molar-refractivity contribution in [3.05, 3.63) is 28.2 Å². The molecule has 0 bridgehead atoms. The monoisotopic (exact) mass is 280 g/mol. The first kappa shape index (κ1) is 11.4. The zero-order valence-electron chi connectivity index (χ0n) is 8.78. The molecule has 16 heavy (non-hydrogen) atoms. The van der Waals surface area contributed by atoms with Gasteiger partial charge in [-0.05, 0) is 52.9 Å². The van der Waals surface area contributed by atoms with E-state index in [0.717, 1.165) is 23.0 Å². The van der Waals surface area contributed by atoms with Crippen molar-refractivity contribution in [2.45, 2.75) is 18.9 Å². The number of anilines is 1. The van der Waals surface area contributed by atoms with Crippen molar-refractivity contribution in [3.63, 3.8) is 0 Å². The summed E-state index contributed by atoms with van der Waals surface area (Å²) in [5.41, 5.74) is 1.54. The fraction of sp³-hybridized carbons (Fsp3) is 0.417. The van der Waals surface area contributed by atoms with Gasteiger partial charge in [-0.2, -0.15) is 5.26 Å². The van der Waals surface area contributed by atoms with Crippen molar-refractivity contribution >= 4 is 21.6 Å². The molecule has 0 aliphatic heterocycles. The van der Waals surface area contributed by atoms with Gasteiger partial charge >= 0.3 is 0 Å². The summed E-state index contributed by atoms with van der Waals surface area (Å²) in [4.78, 5) is 0. The van der Waals surface area contributed by atoms with Crippen LogP contribution in [0.15, 0.2) is 22.7 Å². The summed E-state index contributed by atoms with van der Waals surface area (Å²) in [6, 6.07) is 7.56. The summed E-state index contributed by atoms with van der Waals surface area (Å²) in [7, 11) is 0. The number of hydrogen-bond acceptors (Lipinski definition) is 3. The van der Waals surface area contributed by atoms with Gasteiger partial charge in [-0.25, -0.2) is 0 Å². The molecule has 0 aromatic heterocycles. The van der Waals surface area contributed by atoms with Crippen LogP contribution >= 0.6 is 15.9 Å². The highest BCUT2D eigenvalue weighted by molar-refractivity contribution is 9.10. The highest BCUT2D eigenvalue weighted by atomic mass is 79.9. The van der Waals surface area contributed by atoms with Crippen LogP contribution in [-0.4, -0.2) is 17.8 Å². The zero-order chi connectivity index (χ0) is 11.5. The van der Waals surface area contributed by atoms with Crippen LogP contribution < -0.4 is 5.32 Å². The van der Waals surface area contributed by atoms with Crippen LogP contribution in [-0.2, 0) is 0 Å². The molecule has 0 amide bonds. The molecule has 0 spiro atoms. The van der Waals surface area contributed by atoms with Crippen LogP contribution in [0.1, 0.15) is 18.4 Å². The minimum Gasteiger partial charge on any atom is -0.391 e. The van der Waals surface area contributed by atoms with Gasteiger partial charge in [0.05, 0.1) is 11.7 Å². The largest absolute Gasteiger partial charge is 0.391 e. The van der Waals surface area contributed by atoms with Crippen molar-refractivity contribution in [1.29, 1.82) is 5.26 Å². The van der Waals surface area contributed by atoms with Crippen molar-refractivity contribution in [1.82, 2.24) is 0 Å². The summed E-state index contributed by atoms with van der Waals surface area (Å²) in [6.45, 7) is 0.572. The fourth-order valence-corrected chi connectivity index (χ4v) is 2.05. The number of rotatable bonds is 4. The normalized spacial score (nSPS) is 16.6. The lowest BCUT2D eigenvalue weighted by Crippen LogP contribution is -2.21. The van der Waals surface area contributed by atoms with Crippen molar-refractivity contribution in [3.8, 4) is 6.07 Å². The Labute approximate surface area is 103 Å². The lowest BCUT2D eigenvalue weighted by molar-refractivity contribution is 0.164. The maximum atomic E-state index is 9.69. The average molecular weight is 281 g/mol. The maximum Gasteiger partial charge on any atom is 0.100 e. The number of aliphatic hydroxyl groups is 1. The number of nitrogens with zero attached hydrogens (tertiary/aromatic N) is 1. The lowest BCUT2D eigenvalue weighted by atomic mass is 10.2. The SMILES string of the molecule is N#Cc1ccc(NCC(O)C2CC2)cc1Br. The first-order valence-electron chi connectivity index (χ1n) is 5.32. The van der Waals surface area contributed by atoms with Crippen molar-refractivity contribution < 1.29 is 5.11 Å². The summed E-state index contributed by atoms with van der Waals surface area (Å²) < 4.78 is 0.779. The quantitative estimate of drug-likeness (QED) is 0.891. The van der Waals surface area contributed by atoms with Crippen LogP contribution in [0.2, 0.25) is 0 Å². The molecule has 1 saturated carbocycles. The molecule has 1 fully saturated rings. The average Bonchev–Trinajstić information content (AvgIpc) is 3.10. The molecule has 1 atom stereocenters. The van der Waals surface area contributed by atoms with E-state index in [9.17, 15) is 5.11 Å². The molecular formula is C12H13BrN2O. The molecule has 1 aromatic carbocycles. The van der Waals surface area contributed by atoms with Crippen LogP contribution in [0.3, 0.4) is 0 Å². The first-order valence-corrected chi connectivity index (χ1v) is 6.11. The molecule has 0 saturated heterocycles. The topological polar surface area (TPSA) is 56.0 Å². The van der Waals surface area contributed by atoms with E-state index in [2.05, 4.69) is 27.3 Å². The highest BCUT2D eigenvalue weighted by Gasteiger charge is 2.29. The lowest BCUT2D eigenvalue weighted by Gasteiger charge is -2.12. The number of halogens is 1. The van der Waals surface area contributed by atoms with Crippen molar-refractivity contribution in [2.24, 2.45) is 5.92 Å². The van der Waals surface area contributed by atoms with E-state index in [1.54, 1.807) is 6.07 Å². The minimum atomic E-state index is -0.255. The Hall–Kier alpha value is -1.05. The Bertz CT molecular complexity index is 424. The van der Waals surface area contributed by atoms with Crippen LogP contribution in [0.25, 0.3) is 0 Å². The van der Waals surface area contributed by atoms with Gasteiger partial charge in [0.2, 0.25) is 0 Å². The standard InChI is InChI=1S/C12H13BrN2O/c13-11-5-10(4-3-9(11)6-14)15-7-12(16)8-1-2-8/h3-5,8,12,15-16H,1-2,7H2. The molecule has 1 unspecified atom stereocenters. The van der Waals surface area contributed by atoms with E-state index in [1.165, 1.54) is 0 Å². The molecule has 0 heterocycles. The Morgan fingerprint density at radius 3 is 2.88 bits per heavy atom. The zero-order valence-corrected chi connectivity index (χ0v) is 10.4. The number of hydrogen-bond donors (Lipinski definition) is 2. The number of nitriles is 1. The predicted molar refractivity (Wildman–Crippen MR) is 66.1 cm³/mol. The second kappa shape index (κ2) is 4.86. The molecular weight excluding hydrogens is 268 g/mol. The van der Waals surface area contributed by atoms with Crippen LogP contribution in [0, 0.1) is 17.2 Å². The molecule has 1 aliphatic carbocycles. The van der Waals surface area contributed by atoms with E-state index in [0.29, 0.717) is 18.0 Å². The van der Waals surface area contributed by atoms with Gasteiger partial charge in [0.1, 0.15) is 6.07 Å². The summed E-state index contributed by atoms with van der Waals surface area (Å²) >= 11 is 3.33. The number of nitrogens with one attached hydrogen (secondary N) is 1. The number of benzene rings is 1. The maximum absolute atomic E-state index is 9.69. The van der Waals surface area contributed by atoms with Crippen molar-refractivity contribution in [2.75, 3.05) is 11.9 Å².